The van der Waals surface area contributed by atoms with Crippen LogP contribution in [0.3, 0.4) is 0 Å². The van der Waals surface area contributed by atoms with Gasteiger partial charge in [0.25, 0.3) is 0 Å². The molecule has 0 unspecified atom stereocenters. The summed E-state index contributed by atoms with van der Waals surface area (Å²) in [5, 5.41) is 15.2. The second-order valence-electron chi connectivity index (χ2n) is 5.98. The van der Waals surface area contributed by atoms with E-state index in [0.717, 1.165) is 24.2 Å². The Bertz CT molecular complexity index is 779. The maximum atomic E-state index is 11.9. The van der Waals surface area contributed by atoms with E-state index in [0.29, 0.717) is 5.69 Å². The Morgan fingerprint density at radius 1 is 1.32 bits per heavy atom. The average Bonchev–Trinajstić information content (AvgIpc) is 3.00. The molecule has 0 fully saturated rings. The van der Waals surface area contributed by atoms with Gasteiger partial charge in [-0.1, -0.05) is 12.1 Å². The molecule has 7 nitrogen and oxygen atoms in total. The highest BCUT2D eigenvalue weighted by Crippen LogP contribution is 2.29. The molecule has 2 amide bonds. The summed E-state index contributed by atoms with van der Waals surface area (Å²) in [7, 11) is 2.03. The Kier molecular flexibility index (Phi) is 4.95. The zero-order valence-corrected chi connectivity index (χ0v) is 13.9. The molecule has 0 aliphatic carbocycles. The van der Waals surface area contributed by atoms with E-state index in [4.69, 9.17) is 0 Å². The molecule has 7 heteroatoms. The quantitative estimate of drug-likeness (QED) is 0.718. The minimum Gasteiger partial charge on any atom is -0.387 e. The SMILES string of the molecule is CN1CCc2cc([C@@H](O)CNC(=O)C(=O)Nc3cccnc3)ccc21. The van der Waals surface area contributed by atoms with Gasteiger partial charge < -0.3 is 20.6 Å². The summed E-state index contributed by atoms with van der Waals surface area (Å²) >= 11 is 0. The van der Waals surface area contributed by atoms with E-state index in [1.54, 1.807) is 18.3 Å². The molecule has 3 N–H and O–H groups in total. The van der Waals surface area contributed by atoms with Crippen LogP contribution < -0.4 is 15.5 Å². The molecule has 0 bridgehead atoms. The number of benzene rings is 1. The highest BCUT2D eigenvalue weighted by molar-refractivity contribution is 6.39. The van der Waals surface area contributed by atoms with Gasteiger partial charge in [-0.05, 0) is 35.7 Å². The molecule has 2 heterocycles. The largest absolute Gasteiger partial charge is 0.387 e. The van der Waals surface area contributed by atoms with Crippen molar-refractivity contribution in [2.45, 2.75) is 12.5 Å². The number of aliphatic hydroxyl groups is 1. The predicted octanol–water partition coefficient (Wildman–Crippen LogP) is 0.862. The lowest BCUT2D eigenvalue weighted by molar-refractivity contribution is -0.136. The number of nitrogens with zero attached hydrogens (tertiary/aromatic N) is 2. The number of anilines is 2. The van der Waals surface area contributed by atoms with Gasteiger partial charge in [-0.2, -0.15) is 0 Å². The van der Waals surface area contributed by atoms with Crippen LogP contribution in [0.15, 0.2) is 42.7 Å². The van der Waals surface area contributed by atoms with Gasteiger partial charge in [-0.15, -0.1) is 0 Å². The fourth-order valence-corrected chi connectivity index (χ4v) is 2.81. The van der Waals surface area contributed by atoms with Gasteiger partial charge in [0.2, 0.25) is 0 Å². The molecule has 3 rings (SSSR count). The van der Waals surface area contributed by atoms with Crippen molar-refractivity contribution in [1.29, 1.82) is 0 Å². The van der Waals surface area contributed by atoms with Crippen molar-refractivity contribution in [1.82, 2.24) is 10.3 Å². The Labute approximate surface area is 145 Å². The van der Waals surface area contributed by atoms with Crippen molar-refractivity contribution in [2.75, 3.05) is 30.4 Å². The van der Waals surface area contributed by atoms with Gasteiger partial charge in [-0.3, -0.25) is 14.6 Å². The zero-order valence-electron chi connectivity index (χ0n) is 13.9. The number of likely N-dealkylation sites (N-methyl/N-ethyl adjacent to an activating group) is 1. The second kappa shape index (κ2) is 7.31. The number of nitrogens with one attached hydrogen (secondary N) is 2. The second-order valence-corrected chi connectivity index (χ2v) is 5.98. The molecular formula is C18H20N4O3. The van der Waals surface area contributed by atoms with Gasteiger partial charge in [-0.25, -0.2) is 0 Å². The van der Waals surface area contributed by atoms with E-state index < -0.39 is 17.9 Å². The highest BCUT2D eigenvalue weighted by Gasteiger charge is 2.19. The van der Waals surface area contributed by atoms with Crippen LogP contribution in [0, 0.1) is 0 Å². The highest BCUT2D eigenvalue weighted by atomic mass is 16.3. The van der Waals surface area contributed by atoms with Crippen LogP contribution >= 0.6 is 0 Å². The summed E-state index contributed by atoms with van der Waals surface area (Å²) in [5.74, 6) is -1.60. The third-order valence-corrected chi connectivity index (χ3v) is 4.20. The average molecular weight is 340 g/mol. The van der Waals surface area contributed by atoms with Crippen LogP contribution in [0.25, 0.3) is 0 Å². The normalized spacial score (nSPS) is 13.9. The maximum absolute atomic E-state index is 11.9. The lowest BCUT2D eigenvalue weighted by atomic mass is 10.0. The first-order chi connectivity index (χ1) is 12.0. The van der Waals surface area contributed by atoms with Crippen molar-refractivity contribution >= 4 is 23.2 Å². The van der Waals surface area contributed by atoms with Crippen molar-refractivity contribution < 1.29 is 14.7 Å². The van der Waals surface area contributed by atoms with Gasteiger partial charge in [0, 0.05) is 32.0 Å². The van der Waals surface area contributed by atoms with E-state index >= 15 is 0 Å². The summed E-state index contributed by atoms with van der Waals surface area (Å²) in [6.45, 7) is 0.925. The molecule has 25 heavy (non-hydrogen) atoms. The van der Waals surface area contributed by atoms with Crippen LogP contribution in [0.1, 0.15) is 17.2 Å². The lowest BCUT2D eigenvalue weighted by Gasteiger charge is -2.15. The summed E-state index contributed by atoms with van der Waals surface area (Å²) in [4.78, 5) is 29.7. The lowest BCUT2D eigenvalue weighted by Crippen LogP contribution is -2.37. The van der Waals surface area contributed by atoms with Crippen molar-refractivity contribution in [2.24, 2.45) is 0 Å². The zero-order chi connectivity index (χ0) is 17.8. The third kappa shape index (κ3) is 3.95. The molecule has 1 atom stereocenters. The molecule has 1 aliphatic rings. The number of hydrogen-bond acceptors (Lipinski definition) is 5. The van der Waals surface area contributed by atoms with E-state index in [1.807, 2.05) is 25.2 Å². The van der Waals surface area contributed by atoms with Crippen LogP contribution in [0.2, 0.25) is 0 Å². The topological polar surface area (TPSA) is 94.6 Å². The number of aliphatic hydroxyl groups excluding tert-OH is 1. The number of amides is 2. The van der Waals surface area contributed by atoms with E-state index in [-0.39, 0.29) is 6.54 Å². The minimum absolute atomic E-state index is 0.0338. The van der Waals surface area contributed by atoms with Crippen LogP contribution in [0.4, 0.5) is 11.4 Å². The first-order valence-electron chi connectivity index (χ1n) is 8.06. The summed E-state index contributed by atoms with van der Waals surface area (Å²) < 4.78 is 0. The van der Waals surface area contributed by atoms with E-state index in [1.165, 1.54) is 11.8 Å². The first kappa shape index (κ1) is 16.9. The first-order valence-corrected chi connectivity index (χ1v) is 8.06. The minimum atomic E-state index is -0.869. The van der Waals surface area contributed by atoms with Gasteiger partial charge in [0.1, 0.15) is 0 Å². The van der Waals surface area contributed by atoms with Crippen molar-refractivity contribution in [3.8, 4) is 0 Å². The molecule has 1 aromatic carbocycles. The van der Waals surface area contributed by atoms with Gasteiger partial charge in [0.05, 0.1) is 18.0 Å². The van der Waals surface area contributed by atoms with Crippen LogP contribution in [0.5, 0.6) is 0 Å². The number of hydrogen-bond donors (Lipinski definition) is 3. The Morgan fingerprint density at radius 2 is 2.16 bits per heavy atom. The van der Waals surface area contributed by atoms with Crippen LogP contribution in [-0.2, 0) is 16.0 Å². The molecule has 1 aliphatic heterocycles. The fourth-order valence-electron chi connectivity index (χ4n) is 2.81. The Morgan fingerprint density at radius 3 is 2.92 bits per heavy atom. The molecule has 0 radical (unpaired) electrons. The predicted molar refractivity (Wildman–Crippen MR) is 94.3 cm³/mol. The third-order valence-electron chi connectivity index (χ3n) is 4.20. The summed E-state index contributed by atoms with van der Waals surface area (Å²) in [6.07, 6.45) is 3.08. The summed E-state index contributed by atoms with van der Waals surface area (Å²) in [6, 6.07) is 9.05. The Balaban J connectivity index is 1.54. The number of carbonyl (C=O) groups excluding carboxylic acids is 2. The van der Waals surface area contributed by atoms with Crippen molar-refractivity contribution in [3.63, 3.8) is 0 Å². The van der Waals surface area contributed by atoms with E-state index in [9.17, 15) is 14.7 Å². The molecule has 1 aromatic heterocycles. The smallest absolute Gasteiger partial charge is 0.313 e. The fraction of sp³-hybridized carbons (Fsp3) is 0.278. The number of pyridine rings is 1. The number of carbonyl (C=O) groups is 2. The molecule has 0 saturated heterocycles. The number of fused-ring (bicyclic) bond motifs is 1. The van der Waals surface area contributed by atoms with Gasteiger partial charge >= 0.3 is 11.8 Å². The maximum Gasteiger partial charge on any atom is 0.313 e. The van der Waals surface area contributed by atoms with Gasteiger partial charge in [0.15, 0.2) is 0 Å². The van der Waals surface area contributed by atoms with E-state index in [2.05, 4.69) is 20.5 Å². The number of rotatable bonds is 4. The number of aromatic nitrogens is 1. The summed E-state index contributed by atoms with van der Waals surface area (Å²) in [5.41, 5.74) is 3.50. The monoisotopic (exact) mass is 340 g/mol. The van der Waals surface area contributed by atoms with Crippen LogP contribution in [-0.4, -0.2) is 42.0 Å². The molecule has 2 aromatic rings. The Hall–Kier alpha value is -2.93. The molecule has 0 saturated carbocycles. The molecule has 0 spiro atoms. The standard InChI is InChI=1S/C18H20N4O3/c1-22-8-6-12-9-13(4-5-15(12)22)16(23)11-20-17(24)18(25)21-14-3-2-7-19-10-14/h2-5,7,9-10,16,23H,6,8,11H2,1H3,(H,20,24)(H,21,25)/t16-/m0/s1. The molecular weight excluding hydrogens is 320 g/mol. The van der Waals surface area contributed by atoms with Crippen molar-refractivity contribution in [3.05, 3.63) is 53.9 Å². The molecule has 130 valence electrons.